The van der Waals surface area contributed by atoms with E-state index in [-0.39, 0.29) is 5.82 Å². The van der Waals surface area contributed by atoms with E-state index in [1.54, 1.807) is 36.4 Å². The molecule has 1 unspecified atom stereocenters. The second-order valence-electron chi connectivity index (χ2n) is 4.35. The van der Waals surface area contributed by atoms with Gasteiger partial charge in [-0.3, -0.25) is 4.21 Å². The molecule has 0 heterocycles. The Bertz CT molecular complexity index is 682. The quantitative estimate of drug-likeness (QED) is 0.770. The third kappa shape index (κ3) is 4.69. The van der Waals surface area contributed by atoms with Crippen LogP contribution in [-0.2, 0) is 10.8 Å². The predicted molar refractivity (Wildman–Crippen MR) is 78.9 cm³/mol. The van der Waals surface area contributed by atoms with Crippen LogP contribution in [0, 0.1) is 17.1 Å². The smallest absolute Gasteiger partial charge is 0.124 e. The van der Waals surface area contributed by atoms with Gasteiger partial charge in [0.1, 0.15) is 11.6 Å². The van der Waals surface area contributed by atoms with Crippen LogP contribution in [0.1, 0.15) is 12.0 Å². The first-order valence-electron chi connectivity index (χ1n) is 6.46. The number of rotatable bonds is 6. The van der Waals surface area contributed by atoms with Gasteiger partial charge in [0.2, 0.25) is 0 Å². The third-order valence-corrected chi connectivity index (χ3v) is 4.20. The lowest BCUT2D eigenvalue weighted by molar-refractivity contribution is 0.318. The molecule has 2 aromatic rings. The molecule has 5 heteroatoms. The summed E-state index contributed by atoms with van der Waals surface area (Å²) in [5, 5.41) is 8.78. The van der Waals surface area contributed by atoms with E-state index in [9.17, 15) is 8.60 Å². The van der Waals surface area contributed by atoms with E-state index in [0.29, 0.717) is 35.0 Å². The Hall–Kier alpha value is -2.19. The molecule has 0 saturated carbocycles. The summed E-state index contributed by atoms with van der Waals surface area (Å²) in [5.74, 6) is 0.637. The van der Waals surface area contributed by atoms with Crippen molar-refractivity contribution >= 4 is 10.8 Å². The van der Waals surface area contributed by atoms with Gasteiger partial charge in [0.05, 0.1) is 29.0 Å². The maximum Gasteiger partial charge on any atom is 0.124 e. The molecule has 0 saturated heterocycles. The molecule has 0 amide bonds. The standard InChI is InChI=1S/C16H14FNO2S/c17-14-5-2-7-16(11-14)21(19)9-3-8-20-15-6-1-4-13(10-15)12-18/h1-2,4-7,10-11H,3,8-9H2. The lowest BCUT2D eigenvalue weighted by Crippen LogP contribution is -2.05. The number of benzene rings is 2. The molecule has 0 aliphatic carbocycles. The highest BCUT2D eigenvalue weighted by molar-refractivity contribution is 7.85. The molecular formula is C16H14FNO2S. The Morgan fingerprint density at radius 3 is 2.76 bits per heavy atom. The Morgan fingerprint density at radius 2 is 2.00 bits per heavy atom. The first kappa shape index (κ1) is 15.2. The molecule has 0 aliphatic rings. The summed E-state index contributed by atoms with van der Waals surface area (Å²) >= 11 is 0. The fourth-order valence-electron chi connectivity index (χ4n) is 1.76. The Balaban J connectivity index is 1.79. The van der Waals surface area contributed by atoms with Crippen molar-refractivity contribution in [1.29, 1.82) is 5.26 Å². The molecule has 0 spiro atoms. The van der Waals surface area contributed by atoms with Gasteiger partial charge in [-0.25, -0.2) is 4.39 Å². The van der Waals surface area contributed by atoms with Crippen LogP contribution >= 0.6 is 0 Å². The maximum atomic E-state index is 13.0. The summed E-state index contributed by atoms with van der Waals surface area (Å²) in [4.78, 5) is 0.487. The summed E-state index contributed by atoms with van der Waals surface area (Å²) in [5.41, 5.74) is 0.538. The minimum atomic E-state index is -1.23. The fourth-order valence-corrected chi connectivity index (χ4v) is 2.85. The van der Waals surface area contributed by atoms with Crippen LogP contribution in [0.2, 0.25) is 0 Å². The van der Waals surface area contributed by atoms with Crippen molar-refractivity contribution in [2.45, 2.75) is 11.3 Å². The molecule has 1 atom stereocenters. The number of nitrogens with zero attached hydrogens (tertiary/aromatic N) is 1. The van der Waals surface area contributed by atoms with Gasteiger partial charge in [0.25, 0.3) is 0 Å². The minimum absolute atomic E-state index is 0.384. The number of halogens is 1. The second kappa shape index (κ2) is 7.55. The normalized spacial score (nSPS) is 11.6. The topological polar surface area (TPSA) is 50.1 Å². The van der Waals surface area contributed by atoms with Gasteiger partial charge in [-0.15, -0.1) is 0 Å². The van der Waals surface area contributed by atoms with Gasteiger partial charge in [0, 0.05) is 10.6 Å². The van der Waals surface area contributed by atoms with Gasteiger partial charge >= 0.3 is 0 Å². The number of hydrogen-bond acceptors (Lipinski definition) is 3. The average molecular weight is 303 g/mol. The SMILES string of the molecule is N#Cc1cccc(OCCCS(=O)c2cccc(F)c2)c1. The van der Waals surface area contributed by atoms with E-state index in [1.165, 1.54) is 12.1 Å². The van der Waals surface area contributed by atoms with E-state index in [2.05, 4.69) is 0 Å². The summed E-state index contributed by atoms with van der Waals surface area (Å²) < 4.78 is 30.5. The largest absolute Gasteiger partial charge is 0.494 e. The lowest BCUT2D eigenvalue weighted by atomic mass is 10.2. The van der Waals surface area contributed by atoms with Crippen molar-refractivity contribution in [2.24, 2.45) is 0 Å². The molecule has 21 heavy (non-hydrogen) atoms. The zero-order valence-corrected chi connectivity index (χ0v) is 12.1. The van der Waals surface area contributed by atoms with Gasteiger partial charge in [0.15, 0.2) is 0 Å². The zero-order valence-electron chi connectivity index (χ0n) is 11.3. The summed E-state index contributed by atoms with van der Waals surface area (Å²) in [6.45, 7) is 0.399. The lowest BCUT2D eigenvalue weighted by Gasteiger charge is -2.06. The van der Waals surface area contributed by atoms with E-state index < -0.39 is 10.8 Å². The number of nitriles is 1. The van der Waals surface area contributed by atoms with Crippen LogP contribution in [0.4, 0.5) is 4.39 Å². The highest BCUT2D eigenvalue weighted by Gasteiger charge is 2.05. The van der Waals surface area contributed by atoms with Crippen LogP contribution in [-0.4, -0.2) is 16.6 Å². The van der Waals surface area contributed by atoms with E-state index >= 15 is 0 Å². The first-order valence-corrected chi connectivity index (χ1v) is 7.78. The monoisotopic (exact) mass is 303 g/mol. The second-order valence-corrected chi connectivity index (χ2v) is 5.92. The van der Waals surface area contributed by atoms with Crippen LogP contribution < -0.4 is 4.74 Å². The molecule has 0 bridgehead atoms. The Kier molecular flexibility index (Phi) is 5.47. The zero-order chi connectivity index (χ0) is 15.1. The van der Waals surface area contributed by atoms with Crippen molar-refractivity contribution in [3.8, 4) is 11.8 Å². The van der Waals surface area contributed by atoms with Crippen molar-refractivity contribution in [2.75, 3.05) is 12.4 Å². The molecule has 108 valence electrons. The Morgan fingerprint density at radius 1 is 1.19 bits per heavy atom. The minimum Gasteiger partial charge on any atom is -0.494 e. The molecule has 0 aliphatic heterocycles. The van der Waals surface area contributed by atoms with Gasteiger partial charge in [-0.2, -0.15) is 5.26 Å². The molecule has 3 nitrogen and oxygen atoms in total. The maximum absolute atomic E-state index is 13.0. The number of ether oxygens (including phenoxy) is 1. The van der Waals surface area contributed by atoms with Crippen molar-refractivity contribution < 1.29 is 13.3 Å². The first-order chi connectivity index (χ1) is 10.2. The van der Waals surface area contributed by atoms with E-state index in [4.69, 9.17) is 10.00 Å². The molecular weight excluding hydrogens is 289 g/mol. The Labute approximate surface area is 125 Å². The fraction of sp³-hybridized carbons (Fsp3) is 0.188. The average Bonchev–Trinajstić information content (AvgIpc) is 2.51. The molecule has 0 radical (unpaired) electrons. The highest BCUT2D eigenvalue weighted by Crippen LogP contribution is 2.13. The van der Waals surface area contributed by atoms with Crippen LogP contribution in [0.25, 0.3) is 0 Å². The molecule has 2 aromatic carbocycles. The van der Waals surface area contributed by atoms with Crippen molar-refractivity contribution in [1.82, 2.24) is 0 Å². The van der Waals surface area contributed by atoms with Crippen molar-refractivity contribution in [3.05, 3.63) is 59.9 Å². The van der Waals surface area contributed by atoms with Crippen LogP contribution in [0.3, 0.4) is 0 Å². The van der Waals surface area contributed by atoms with Crippen LogP contribution in [0.5, 0.6) is 5.75 Å². The summed E-state index contributed by atoms with van der Waals surface area (Å²) in [6.07, 6.45) is 0.583. The summed E-state index contributed by atoms with van der Waals surface area (Å²) in [7, 11) is -1.23. The van der Waals surface area contributed by atoms with E-state index in [1.807, 2.05) is 6.07 Å². The predicted octanol–water partition coefficient (Wildman–Crippen LogP) is 3.27. The highest BCUT2D eigenvalue weighted by atomic mass is 32.2. The van der Waals surface area contributed by atoms with Gasteiger partial charge in [-0.1, -0.05) is 12.1 Å². The van der Waals surface area contributed by atoms with Crippen LogP contribution in [0.15, 0.2) is 53.4 Å². The van der Waals surface area contributed by atoms with Gasteiger partial charge < -0.3 is 4.74 Å². The molecule has 0 aromatic heterocycles. The molecule has 0 fully saturated rings. The van der Waals surface area contributed by atoms with Gasteiger partial charge in [-0.05, 0) is 42.8 Å². The molecule has 2 rings (SSSR count). The van der Waals surface area contributed by atoms with Crippen molar-refractivity contribution in [3.63, 3.8) is 0 Å². The third-order valence-electron chi connectivity index (χ3n) is 2.76. The summed E-state index contributed by atoms with van der Waals surface area (Å²) in [6, 6.07) is 14.7. The van der Waals surface area contributed by atoms with E-state index in [0.717, 1.165) is 0 Å². The number of hydrogen-bond donors (Lipinski definition) is 0. The molecule has 0 N–H and O–H groups in total.